The zero-order valence-electron chi connectivity index (χ0n) is 16.2. The van der Waals surface area contributed by atoms with Gasteiger partial charge in [-0.3, -0.25) is 9.59 Å². The number of piperidine rings is 1. The van der Waals surface area contributed by atoms with Gasteiger partial charge in [-0.1, -0.05) is 0 Å². The summed E-state index contributed by atoms with van der Waals surface area (Å²) in [6.07, 6.45) is 5.08. The highest BCUT2D eigenvalue weighted by atomic mass is 19.2. The van der Waals surface area contributed by atoms with Crippen LogP contribution in [-0.4, -0.2) is 41.4 Å². The van der Waals surface area contributed by atoms with Crippen molar-refractivity contribution < 1.29 is 22.8 Å². The SMILES string of the molecule is NC(Cc1cc(F)c(F)cc1F)C1C[C@H]2CC[C@@H](C1)N2C(=O)CNC(=O)C1CC1. The number of nitrogens with two attached hydrogens (primary N) is 1. The molecule has 8 heteroatoms. The molecule has 2 heterocycles. The summed E-state index contributed by atoms with van der Waals surface area (Å²) >= 11 is 0. The highest BCUT2D eigenvalue weighted by Gasteiger charge is 2.44. The summed E-state index contributed by atoms with van der Waals surface area (Å²) in [5, 5.41) is 2.73. The number of rotatable bonds is 6. The van der Waals surface area contributed by atoms with E-state index >= 15 is 0 Å². The van der Waals surface area contributed by atoms with Gasteiger partial charge in [-0.05, 0) is 62.5 Å². The number of halogens is 3. The van der Waals surface area contributed by atoms with Crippen LogP contribution in [0.3, 0.4) is 0 Å². The van der Waals surface area contributed by atoms with Crippen LogP contribution in [0.15, 0.2) is 12.1 Å². The van der Waals surface area contributed by atoms with Crippen molar-refractivity contribution in [2.24, 2.45) is 17.6 Å². The van der Waals surface area contributed by atoms with E-state index in [0.29, 0.717) is 18.9 Å². The Labute approximate surface area is 167 Å². The smallest absolute Gasteiger partial charge is 0.242 e. The second kappa shape index (κ2) is 7.97. The summed E-state index contributed by atoms with van der Waals surface area (Å²) in [6.45, 7) is 0.0269. The number of amides is 2. The third-order valence-electron chi connectivity index (χ3n) is 6.57. The summed E-state index contributed by atoms with van der Waals surface area (Å²) in [6, 6.07) is 1.15. The fraction of sp³-hybridized carbons (Fsp3) is 0.619. The molecule has 2 amide bonds. The van der Waals surface area contributed by atoms with Crippen LogP contribution in [-0.2, 0) is 16.0 Å². The van der Waals surface area contributed by atoms with Crippen molar-refractivity contribution in [3.05, 3.63) is 35.1 Å². The standard InChI is InChI=1S/C21H26F3N3O2/c22-16-9-18(24)17(23)7-12(16)8-19(25)13-5-14-3-4-15(6-13)27(14)20(28)10-26-21(29)11-1-2-11/h7,9,11,13-15,19H,1-6,8,10,25H2,(H,26,29)/t13?,14-,15+,19?. The molecule has 2 saturated heterocycles. The Bertz CT molecular complexity index is 801. The maximum absolute atomic E-state index is 14.0. The second-order valence-electron chi connectivity index (χ2n) is 8.64. The summed E-state index contributed by atoms with van der Waals surface area (Å²) in [4.78, 5) is 26.3. The predicted octanol–water partition coefficient (Wildman–Crippen LogP) is 2.27. The van der Waals surface area contributed by atoms with Crippen LogP contribution in [0.2, 0.25) is 0 Å². The summed E-state index contributed by atoms with van der Waals surface area (Å²) in [5.74, 6) is -3.05. The van der Waals surface area contributed by atoms with Crippen LogP contribution < -0.4 is 11.1 Å². The Hall–Kier alpha value is -2.09. The normalized spacial score (nSPS) is 27.0. The molecule has 2 unspecified atom stereocenters. The highest BCUT2D eigenvalue weighted by Crippen LogP contribution is 2.40. The molecule has 1 aromatic carbocycles. The van der Waals surface area contributed by atoms with Crippen molar-refractivity contribution in [1.82, 2.24) is 10.2 Å². The topological polar surface area (TPSA) is 75.4 Å². The molecule has 5 nitrogen and oxygen atoms in total. The first kappa shape index (κ1) is 20.2. The first-order valence-electron chi connectivity index (χ1n) is 10.3. The van der Waals surface area contributed by atoms with E-state index in [9.17, 15) is 22.8 Å². The van der Waals surface area contributed by atoms with Crippen LogP contribution in [0.1, 0.15) is 44.1 Å². The average molecular weight is 409 g/mol. The van der Waals surface area contributed by atoms with E-state index in [1.165, 1.54) is 0 Å². The summed E-state index contributed by atoms with van der Waals surface area (Å²) in [7, 11) is 0. The van der Waals surface area contributed by atoms with Gasteiger partial charge in [0.15, 0.2) is 11.6 Å². The molecule has 3 N–H and O–H groups in total. The molecule has 3 aliphatic rings. The van der Waals surface area contributed by atoms with E-state index in [1.807, 2.05) is 4.90 Å². The molecular formula is C21H26F3N3O2. The van der Waals surface area contributed by atoms with E-state index < -0.39 is 23.5 Å². The Kier molecular flexibility index (Phi) is 5.55. The lowest BCUT2D eigenvalue weighted by atomic mass is 9.82. The highest BCUT2D eigenvalue weighted by molar-refractivity contribution is 5.87. The van der Waals surface area contributed by atoms with Crippen molar-refractivity contribution in [3.8, 4) is 0 Å². The number of nitrogens with one attached hydrogen (secondary N) is 1. The minimum Gasteiger partial charge on any atom is -0.347 e. The lowest BCUT2D eigenvalue weighted by Gasteiger charge is -2.41. The number of benzene rings is 1. The Morgan fingerprint density at radius 1 is 1.03 bits per heavy atom. The molecule has 0 radical (unpaired) electrons. The second-order valence-corrected chi connectivity index (χ2v) is 8.64. The van der Waals surface area contributed by atoms with Gasteiger partial charge < -0.3 is 16.0 Å². The van der Waals surface area contributed by atoms with Gasteiger partial charge in [0.1, 0.15) is 5.82 Å². The maximum Gasteiger partial charge on any atom is 0.242 e. The largest absolute Gasteiger partial charge is 0.347 e. The number of carbonyl (C=O) groups is 2. The monoisotopic (exact) mass is 409 g/mol. The van der Waals surface area contributed by atoms with Gasteiger partial charge in [-0.25, -0.2) is 13.2 Å². The van der Waals surface area contributed by atoms with Gasteiger partial charge >= 0.3 is 0 Å². The Morgan fingerprint density at radius 3 is 2.28 bits per heavy atom. The Balaban J connectivity index is 1.35. The van der Waals surface area contributed by atoms with Gasteiger partial charge in [0.25, 0.3) is 0 Å². The van der Waals surface area contributed by atoms with Crippen molar-refractivity contribution >= 4 is 11.8 Å². The minimum atomic E-state index is -1.21. The minimum absolute atomic E-state index is 0.0269. The molecule has 0 spiro atoms. The Morgan fingerprint density at radius 2 is 1.66 bits per heavy atom. The molecular weight excluding hydrogens is 383 g/mol. The molecule has 29 heavy (non-hydrogen) atoms. The first-order valence-corrected chi connectivity index (χ1v) is 10.3. The number of hydrogen-bond donors (Lipinski definition) is 2. The van der Waals surface area contributed by atoms with Crippen LogP contribution in [0.5, 0.6) is 0 Å². The van der Waals surface area contributed by atoms with Crippen molar-refractivity contribution in [1.29, 1.82) is 0 Å². The fourth-order valence-corrected chi connectivity index (χ4v) is 4.86. The predicted molar refractivity (Wildman–Crippen MR) is 100 cm³/mol. The zero-order chi connectivity index (χ0) is 20.7. The maximum atomic E-state index is 14.0. The molecule has 1 saturated carbocycles. The average Bonchev–Trinajstić information content (AvgIpc) is 3.49. The van der Waals surface area contributed by atoms with Gasteiger partial charge in [-0.2, -0.15) is 0 Å². The lowest BCUT2D eigenvalue weighted by molar-refractivity contribution is -0.137. The van der Waals surface area contributed by atoms with E-state index in [4.69, 9.17) is 5.73 Å². The molecule has 0 aromatic heterocycles. The van der Waals surface area contributed by atoms with Gasteiger partial charge in [0, 0.05) is 30.1 Å². The van der Waals surface area contributed by atoms with Crippen LogP contribution in [0, 0.1) is 29.3 Å². The number of carbonyl (C=O) groups excluding carboxylic acids is 2. The van der Waals surface area contributed by atoms with Crippen molar-refractivity contribution in [3.63, 3.8) is 0 Å². The van der Waals surface area contributed by atoms with Crippen LogP contribution in [0.4, 0.5) is 13.2 Å². The van der Waals surface area contributed by atoms with Crippen molar-refractivity contribution in [2.75, 3.05) is 6.54 Å². The molecule has 1 aromatic rings. The lowest BCUT2D eigenvalue weighted by Crippen LogP contribution is -2.52. The number of nitrogens with zero attached hydrogens (tertiary/aromatic N) is 1. The van der Waals surface area contributed by atoms with Gasteiger partial charge in [0.2, 0.25) is 11.8 Å². The molecule has 1 aliphatic carbocycles. The third-order valence-corrected chi connectivity index (χ3v) is 6.57. The summed E-state index contributed by atoms with van der Waals surface area (Å²) in [5.41, 5.74) is 6.38. The molecule has 4 atom stereocenters. The van der Waals surface area contributed by atoms with E-state index in [1.54, 1.807) is 0 Å². The zero-order valence-corrected chi connectivity index (χ0v) is 16.2. The fourth-order valence-electron chi connectivity index (χ4n) is 4.86. The van der Waals surface area contributed by atoms with E-state index in [0.717, 1.165) is 31.7 Å². The molecule has 3 fully saturated rings. The quantitative estimate of drug-likeness (QED) is 0.708. The van der Waals surface area contributed by atoms with E-state index in [2.05, 4.69) is 5.32 Å². The van der Waals surface area contributed by atoms with Crippen molar-refractivity contribution in [2.45, 2.75) is 63.1 Å². The molecule has 158 valence electrons. The molecule has 2 aliphatic heterocycles. The number of hydrogen-bond acceptors (Lipinski definition) is 3. The third kappa shape index (κ3) is 4.27. The number of fused-ring (bicyclic) bond motifs is 2. The van der Waals surface area contributed by atoms with Crippen LogP contribution in [0.25, 0.3) is 0 Å². The van der Waals surface area contributed by atoms with Gasteiger partial charge in [-0.15, -0.1) is 0 Å². The van der Waals surface area contributed by atoms with Gasteiger partial charge in [0.05, 0.1) is 6.54 Å². The van der Waals surface area contributed by atoms with Crippen LogP contribution >= 0.6 is 0 Å². The first-order chi connectivity index (χ1) is 13.8. The molecule has 4 rings (SSSR count). The molecule has 2 bridgehead atoms. The summed E-state index contributed by atoms with van der Waals surface area (Å²) < 4.78 is 40.5. The van der Waals surface area contributed by atoms with E-state index in [-0.39, 0.29) is 54.3 Å².